The quantitative estimate of drug-likeness (QED) is 0.709. The van der Waals surface area contributed by atoms with E-state index >= 15 is 0 Å². The third kappa shape index (κ3) is 3.58. The lowest BCUT2D eigenvalue weighted by Crippen LogP contribution is -2.28. The van der Waals surface area contributed by atoms with Crippen LogP contribution in [-0.4, -0.2) is 26.8 Å². The van der Waals surface area contributed by atoms with Gasteiger partial charge in [-0.15, -0.1) is 0 Å². The molecule has 0 aliphatic heterocycles. The van der Waals surface area contributed by atoms with Crippen LogP contribution in [0.3, 0.4) is 0 Å². The zero-order valence-corrected chi connectivity index (χ0v) is 9.88. The molecule has 1 N–H and O–H groups in total. The van der Waals surface area contributed by atoms with Gasteiger partial charge in [0.2, 0.25) is 0 Å². The van der Waals surface area contributed by atoms with Crippen LogP contribution in [0.15, 0.2) is 0 Å². The Morgan fingerprint density at radius 2 is 2.00 bits per heavy atom. The molecule has 0 aromatic rings. The Labute approximate surface area is 88.4 Å². The molecular formula is C12H25NO. The molecule has 0 heterocycles. The van der Waals surface area contributed by atoms with Crippen LogP contribution in [0.25, 0.3) is 0 Å². The van der Waals surface area contributed by atoms with Crippen molar-refractivity contribution in [1.82, 2.24) is 5.32 Å². The fourth-order valence-corrected chi connectivity index (χ4v) is 2.66. The molecule has 0 aromatic carbocycles. The number of hydrogen-bond acceptors (Lipinski definition) is 2. The van der Waals surface area contributed by atoms with Gasteiger partial charge in [-0.05, 0) is 38.8 Å². The highest BCUT2D eigenvalue weighted by Gasteiger charge is 2.25. The van der Waals surface area contributed by atoms with Crippen LogP contribution in [0, 0.1) is 11.8 Å². The normalized spacial score (nSPS) is 22.5. The Hall–Kier alpha value is -0.0800. The molecule has 84 valence electrons. The molecule has 2 unspecified atom stereocenters. The van der Waals surface area contributed by atoms with E-state index in [9.17, 15) is 0 Å². The van der Waals surface area contributed by atoms with Gasteiger partial charge in [-0.1, -0.05) is 25.7 Å². The first kappa shape index (κ1) is 12.0. The first-order valence-electron chi connectivity index (χ1n) is 5.95. The minimum absolute atomic E-state index is 0.411. The third-order valence-electron chi connectivity index (χ3n) is 3.57. The van der Waals surface area contributed by atoms with Crippen molar-refractivity contribution in [2.24, 2.45) is 11.8 Å². The predicted molar refractivity (Wildman–Crippen MR) is 60.5 cm³/mol. The molecule has 0 bridgehead atoms. The molecule has 1 rings (SSSR count). The van der Waals surface area contributed by atoms with Crippen LogP contribution in [0.2, 0.25) is 0 Å². The minimum Gasteiger partial charge on any atom is -0.382 e. The maximum atomic E-state index is 5.36. The Morgan fingerprint density at radius 3 is 2.50 bits per heavy atom. The molecule has 0 amide bonds. The minimum atomic E-state index is 0.411. The van der Waals surface area contributed by atoms with E-state index in [-0.39, 0.29) is 0 Å². The van der Waals surface area contributed by atoms with E-state index in [1.54, 1.807) is 0 Å². The molecule has 0 aromatic heterocycles. The molecule has 0 saturated heterocycles. The van der Waals surface area contributed by atoms with E-state index in [1.807, 2.05) is 7.11 Å². The van der Waals surface area contributed by atoms with Crippen molar-refractivity contribution in [2.45, 2.75) is 45.1 Å². The maximum absolute atomic E-state index is 5.36. The van der Waals surface area contributed by atoms with E-state index in [2.05, 4.69) is 19.3 Å². The highest BCUT2D eigenvalue weighted by molar-refractivity contribution is 4.78. The predicted octanol–water partition coefficient (Wildman–Crippen LogP) is 2.44. The molecule has 0 radical (unpaired) electrons. The second-order valence-electron chi connectivity index (χ2n) is 4.64. The summed E-state index contributed by atoms with van der Waals surface area (Å²) in [6.45, 7) is 3.33. The molecule has 1 saturated carbocycles. The Bertz CT molecular complexity index is 143. The van der Waals surface area contributed by atoms with E-state index in [4.69, 9.17) is 4.74 Å². The summed E-state index contributed by atoms with van der Waals surface area (Å²) in [5.74, 6) is 1.76. The molecule has 2 atom stereocenters. The van der Waals surface area contributed by atoms with Crippen molar-refractivity contribution >= 4 is 0 Å². The first-order chi connectivity index (χ1) is 6.77. The van der Waals surface area contributed by atoms with Crippen molar-refractivity contribution in [1.29, 1.82) is 0 Å². The molecule has 2 heteroatoms. The van der Waals surface area contributed by atoms with Crippen LogP contribution in [0.5, 0.6) is 0 Å². The molecule has 1 fully saturated rings. The van der Waals surface area contributed by atoms with Crippen molar-refractivity contribution < 1.29 is 4.74 Å². The molecule has 0 spiro atoms. The third-order valence-corrected chi connectivity index (χ3v) is 3.57. The van der Waals surface area contributed by atoms with Gasteiger partial charge in [0, 0.05) is 7.11 Å². The molecular weight excluding hydrogens is 174 g/mol. The van der Waals surface area contributed by atoms with Gasteiger partial charge in [-0.2, -0.15) is 0 Å². The number of methoxy groups -OCH3 is 1. The van der Waals surface area contributed by atoms with Crippen molar-refractivity contribution in [3.05, 3.63) is 0 Å². The van der Waals surface area contributed by atoms with Crippen LogP contribution in [0.4, 0.5) is 0 Å². The fraction of sp³-hybridized carbons (Fsp3) is 1.00. The standard InChI is InChI=1S/C12H25NO/c1-10(14-3)8-12(9-13-2)11-6-4-5-7-11/h10-13H,4-9H2,1-3H3. The summed E-state index contributed by atoms with van der Waals surface area (Å²) in [4.78, 5) is 0. The number of ether oxygens (including phenoxy) is 1. The smallest absolute Gasteiger partial charge is 0.0546 e. The summed E-state index contributed by atoms with van der Waals surface area (Å²) in [7, 11) is 3.87. The lowest BCUT2D eigenvalue weighted by Gasteiger charge is -2.25. The topological polar surface area (TPSA) is 21.3 Å². The second kappa shape index (κ2) is 6.41. The van der Waals surface area contributed by atoms with Crippen molar-refractivity contribution in [2.75, 3.05) is 20.7 Å². The lowest BCUT2D eigenvalue weighted by molar-refractivity contribution is 0.0838. The van der Waals surface area contributed by atoms with Gasteiger partial charge in [-0.25, -0.2) is 0 Å². The van der Waals surface area contributed by atoms with Gasteiger partial charge < -0.3 is 10.1 Å². The highest BCUT2D eigenvalue weighted by Crippen LogP contribution is 2.33. The summed E-state index contributed by atoms with van der Waals surface area (Å²) in [5.41, 5.74) is 0. The molecule has 1 aliphatic carbocycles. The van der Waals surface area contributed by atoms with Crippen molar-refractivity contribution in [3.8, 4) is 0 Å². The average Bonchev–Trinajstić information content (AvgIpc) is 2.69. The largest absolute Gasteiger partial charge is 0.382 e. The number of hydrogen-bond donors (Lipinski definition) is 1. The Morgan fingerprint density at radius 1 is 1.36 bits per heavy atom. The van der Waals surface area contributed by atoms with Crippen LogP contribution < -0.4 is 5.32 Å². The summed E-state index contributed by atoms with van der Waals surface area (Å²) in [5, 5.41) is 3.32. The molecule has 1 aliphatic rings. The number of rotatable bonds is 6. The van der Waals surface area contributed by atoms with Crippen LogP contribution >= 0.6 is 0 Å². The zero-order valence-electron chi connectivity index (χ0n) is 9.88. The first-order valence-corrected chi connectivity index (χ1v) is 5.95. The van der Waals surface area contributed by atoms with E-state index < -0.39 is 0 Å². The van der Waals surface area contributed by atoms with Crippen LogP contribution in [-0.2, 0) is 4.74 Å². The molecule has 2 nitrogen and oxygen atoms in total. The van der Waals surface area contributed by atoms with Gasteiger partial charge in [0.1, 0.15) is 0 Å². The second-order valence-corrected chi connectivity index (χ2v) is 4.64. The molecule has 14 heavy (non-hydrogen) atoms. The van der Waals surface area contributed by atoms with Gasteiger partial charge in [0.25, 0.3) is 0 Å². The maximum Gasteiger partial charge on any atom is 0.0546 e. The summed E-state index contributed by atoms with van der Waals surface area (Å²) in [6.07, 6.45) is 7.36. The van der Waals surface area contributed by atoms with E-state index in [0.29, 0.717) is 6.10 Å². The van der Waals surface area contributed by atoms with Gasteiger partial charge in [-0.3, -0.25) is 0 Å². The van der Waals surface area contributed by atoms with Crippen LogP contribution in [0.1, 0.15) is 39.0 Å². The SMILES string of the molecule is CNCC(CC(C)OC)C1CCCC1. The average molecular weight is 199 g/mol. The van der Waals surface area contributed by atoms with Gasteiger partial charge >= 0.3 is 0 Å². The highest BCUT2D eigenvalue weighted by atomic mass is 16.5. The lowest BCUT2D eigenvalue weighted by atomic mass is 9.86. The summed E-state index contributed by atoms with van der Waals surface area (Å²) >= 11 is 0. The number of nitrogens with one attached hydrogen (secondary N) is 1. The summed E-state index contributed by atoms with van der Waals surface area (Å²) in [6, 6.07) is 0. The van der Waals surface area contributed by atoms with Crippen molar-refractivity contribution in [3.63, 3.8) is 0 Å². The van der Waals surface area contributed by atoms with Gasteiger partial charge in [0.15, 0.2) is 0 Å². The van der Waals surface area contributed by atoms with E-state index in [1.165, 1.54) is 32.1 Å². The van der Waals surface area contributed by atoms with E-state index in [0.717, 1.165) is 18.4 Å². The zero-order chi connectivity index (χ0) is 10.4. The van der Waals surface area contributed by atoms with Gasteiger partial charge in [0.05, 0.1) is 6.10 Å². The Kier molecular flexibility index (Phi) is 5.49. The Balaban J connectivity index is 2.36. The fourth-order valence-electron chi connectivity index (χ4n) is 2.66. The monoisotopic (exact) mass is 199 g/mol. The summed E-state index contributed by atoms with van der Waals surface area (Å²) < 4.78 is 5.36.